The van der Waals surface area contributed by atoms with Crippen molar-refractivity contribution in [3.63, 3.8) is 0 Å². The maximum Gasteiger partial charge on any atom is 0.311 e. The van der Waals surface area contributed by atoms with Gasteiger partial charge in [-0.15, -0.1) is 0 Å². The average Bonchev–Trinajstić information content (AvgIpc) is 3.03. The molecule has 1 aliphatic rings. The summed E-state index contributed by atoms with van der Waals surface area (Å²) in [5, 5.41) is 9.52. The standard InChI is InChI=1S/C15H21BrN2O3/c1-3-5-15(14(20)21)6-7-18(10-15)13(19)12-8-11(16)9-17(12)4-2/h8-9H,3-7,10H2,1-2H3,(H,20,21). The summed E-state index contributed by atoms with van der Waals surface area (Å²) in [5.74, 6) is -0.867. The van der Waals surface area contributed by atoms with Crippen molar-refractivity contribution in [1.29, 1.82) is 0 Å². The van der Waals surface area contributed by atoms with E-state index in [1.807, 2.05) is 24.6 Å². The predicted octanol–water partition coefficient (Wildman–Crippen LogP) is 2.99. The summed E-state index contributed by atoms with van der Waals surface area (Å²) >= 11 is 3.39. The lowest BCUT2D eigenvalue weighted by Crippen LogP contribution is -2.37. The van der Waals surface area contributed by atoms with E-state index in [4.69, 9.17) is 0 Å². The van der Waals surface area contributed by atoms with Crippen LogP contribution in [0, 0.1) is 5.41 Å². The Morgan fingerprint density at radius 2 is 2.14 bits per heavy atom. The molecule has 0 aliphatic carbocycles. The molecule has 1 aromatic rings. The minimum absolute atomic E-state index is 0.0817. The summed E-state index contributed by atoms with van der Waals surface area (Å²) in [4.78, 5) is 25.9. The summed E-state index contributed by atoms with van der Waals surface area (Å²) < 4.78 is 2.75. The highest BCUT2D eigenvalue weighted by molar-refractivity contribution is 9.10. The number of aryl methyl sites for hydroxylation is 1. The third kappa shape index (κ3) is 3.00. The molecular weight excluding hydrogens is 336 g/mol. The quantitative estimate of drug-likeness (QED) is 0.881. The highest BCUT2D eigenvalue weighted by Gasteiger charge is 2.45. The van der Waals surface area contributed by atoms with E-state index in [0.717, 1.165) is 10.9 Å². The molecule has 1 saturated heterocycles. The molecule has 1 fully saturated rings. The number of likely N-dealkylation sites (tertiary alicyclic amines) is 1. The number of carbonyl (C=O) groups excluding carboxylic acids is 1. The van der Waals surface area contributed by atoms with Gasteiger partial charge in [0.25, 0.3) is 5.91 Å². The zero-order valence-electron chi connectivity index (χ0n) is 12.4. The van der Waals surface area contributed by atoms with Crippen molar-refractivity contribution in [3.05, 3.63) is 22.4 Å². The molecule has 0 radical (unpaired) electrons. The summed E-state index contributed by atoms with van der Waals surface area (Å²) in [6.45, 7) is 5.49. The second kappa shape index (κ2) is 6.22. The minimum atomic E-state index is -0.785. The van der Waals surface area contributed by atoms with Gasteiger partial charge in [0, 0.05) is 30.3 Å². The molecule has 0 spiro atoms. The van der Waals surface area contributed by atoms with Crippen LogP contribution in [0.5, 0.6) is 0 Å². The lowest BCUT2D eigenvalue weighted by atomic mass is 9.83. The number of rotatable bonds is 5. The van der Waals surface area contributed by atoms with Crippen molar-refractivity contribution in [1.82, 2.24) is 9.47 Å². The Morgan fingerprint density at radius 1 is 1.43 bits per heavy atom. The van der Waals surface area contributed by atoms with Crippen LogP contribution in [-0.4, -0.2) is 39.5 Å². The van der Waals surface area contributed by atoms with E-state index in [2.05, 4.69) is 15.9 Å². The zero-order chi connectivity index (χ0) is 15.6. The first-order chi connectivity index (χ1) is 9.93. The number of amides is 1. The Balaban J connectivity index is 2.20. The molecule has 0 aromatic carbocycles. The van der Waals surface area contributed by atoms with Gasteiger partial charge < -0.3 is 14.6 Å². The second-order valence-corrected chi connectivity index (χ2v) is 6.56. The molecule has 1 aromatic heterocycles. The van der Waals surface area contributed by atoms with Crippen LogP contribution in [0.25, 0.3) is 0 Å². The molecule has 1 amide bonds. The van der Waals surface area contributed by atoms with Crippen molar-refractivity contribution in [2.45, 2.75) is 39.7 Å². The lowest BCUT2D eigenvalue weighted by Gasteiger charge is -2.24. The molecule has 0 bridgehead atoms. The predicted molar refractivity (Wildman–Crippen MR) is 83.3 cm³/mol. The number of aromatic nitrogens is 1. The smallest absolute Gasteiger partial charge is 0.311 e. The van der Waals surface area contributed by atoms with Crippen LogP contribution in [0.3, 0.4) is 0 Å². The Morgan fingerprint density at radius 3 is 2.71 bits per heavy atom. The van der Waals surface area contributed by atoms with Gasteiger partial charge in [-0.2, -0.15) is 0 Å². The fourth-order valence-electron chi connectivity index (χ4n) is 3.09. The normalized spacial score (nSPS) is 21.8. The van der Waals surface area contributed by atoms with E-state index in [9.17, 15) is 14.7 Å². The summed E-state index contributed by atoms with van der Waals surface area (Å²) in [6, 6.07) is 1.80. The van der Waals surface area contributed by atoms with Crippen molar-refractivity contribution >= 4 is 27.8 Å². The van der Waals surface area contributed by atoms with E-state index < -0.39 is 11.4 Å². The molecule has 2 heterocycles. The second-order valence-electron chi connectivity index (χ2n) is 5.64. The summed E-state index contributed by atoms with van der Waals surface area (Å²) in [5.41, 5.74) is -0.160. The largest absolute Gasteiger partial charge is 0.481 e. The van der Waals surface area contributed by atoms with Gasteiger partial charge in [0.05, 0.1) is 5.41 Å². The van der Waals surface area contributed by atoms with E-state index in [1.54, 1.807) is 11.0 Å². The highest BCUT2D eigenvalue weighted by Crippen LogP contribution is 2.36. The topological polar surface area (TPSA) is 62.5 Å². The number of carbonyl (C=O) groups is 2. The van der Waals surface area contributed by atoms with Gasteiger partial charge in [-0.3, -0.25) is 9.59 Å². The maximum absolute atomic E-state index is 12.6. The van der Waals surface area contributed by atoms with E-state index in [0.29, 0.717) is 38.2 Å². The van der Waals surface area contributed by atoms with Gasteiger partial charge >= 0.3 is 5.97 Å². The van der Waals surface area contributed by atoms with Gasteiger partial charge in [0.1, 0.15) is 5.69 Å². The number of halogens is 1. The molecule has 1 atom stereocenters. The van der Waals surface area contributed by atoms with Crippen LogP contribution in [0.2, 0.25) is 0 Å². The Labute approximate surface area is 133 Å². The molecule has 2 rings (SSSR count). The summed E-state index contributed by atoms with van der Waals surface area (Å²) in [6.07, 6.45) is 3.84. The SMILES string of the molecule is CCCC1(C(=O)O)CCN(C(=O)c2cc(Br)cn2CC)C1. The number of hydrogen-bond acceptors (Lipinski definition) is 2. The van der Waals surface area contributed by atoms with E-state index in [1.165, 1.54) is 0 Å². The molecular formula is C15H21BrN2O3. The minimum Gasteiger partial charge on any atom is -0.481 e. The molecule has 6 heteroatoms. The Hall–Kier alpha value is -1.30. The van der Waals surface area contributed by atoms with Crippen LogP contribution < -0.4 is 0 Å². The molecule has 0 saturated carbocycles. The highest BCUT2D eigenvalue weighted by atomic mass is 79.9. The molecule has 1 N–H and O–H groups in total. The third-order valence-electron chi connectivity index (χ3n) is 4.25. The fraction of sp³-hybridized carbons (Fsp3) is 0.600. The number of aliphatic carboxylic acids is 1. The van der Waals surface area contributed by atoms with E-state index in [-0.39, 0.29) is 5.91 Å². The first kappa shape index (κ1) is 16.1. The van der Waals surface area contributed by atoms with Gasteiger partial charge in [0.2, 0.25) is 0 Å². The molecule has 1 aliphatic heterocycles. The van der Waals surface area contributed by atoms with Crippen molar-refractivity contribution in [2.24, 2.45) is 5.41 Å². The third-order valence-corrected chi connectivity index (χ3v) is 4.68. The fourth-order valence-corrected chi connectivity index (χ4v) is 3.55. The van der Waals surface area contributed by atoms with Crippen LogP contribution >= 0.6 is 15.9 Å². The van der Waals surface area contributed by atoms with Gasteiger partial charge in [-0.05, 0) is 41.8 Å². The van der Waals surface area contributed by atoms with Gasteiger partial charge in [-0.1, -0.05) is 13.3 Å². The van der Waals surface area contributed by atoms with Crippen LogP contribution in [0.15, 0.2) is 16.7 Å². The lowest BCUT2D eigenvalue weighted by molar-refractivity contribution is -0.148. The molecule has 1 unspecified atom stereocenters. The Bertz CT molecular complexity index is 555. The average molecular weight is 357 g/mol. The Kier molecular flexibility index (Phi) is 4.76. The zero-order valence-corrected chi connectivity index (χ0v) is 14.0. The maximum atomic E-state index is 12.6. The van der Waals surface area contributed by atoms with Crippen molar-refractivity contribution in [2.75, 3.05) is 13.1 Å². The van der Waals surface area contributed by atoms with Crippen molar-refractivity contribution < 1.29 is 14.7 Å². The number of nitrogens with zero attached hydrogens (tertiary/aromatic N) is 2. The number of carboxylic acid groups (broad SMARTS) is 1. The van der Waals surface area contributed by atoms with Crippen LogP contribution in [-0.2, 0) is 11.3 Å². The molecule has 21 heavy (non-hydrogen) atoms. The summed E-state index contributed by atoms with van der Waals surface area (Å²) in [7, 11) is 0. The van der Waals surface area contributed by atoms with Crippen LogP contribution in [0.1, 0.15) is 43.6 Å². The number of carboxylic acids is 1. The monoisotopic (exact) mass is 356 g/mol. The van der Waals surface area contributed by atoms with Gasteiger partial charge in [-0.25, -0.2) is 0 Å². The van der Waals surface area contributed by atoms with Gasteiger partial charge in [0.15, 0.2) is 0 Å². The molecule has 116 valence electrons. The number of hydrogen-bond donors (Lipinski definition) is 1. The molecule has 5 nitrogen and oxygen atoms in total. The first-order valence-corrected chi connectivity index (χ1v) is 8.11. The van der Waals surface area contributed by atoms with Crippen molar-refractivity contribution in [3.8, 4) is 0 Å². The van der Waals surface area contributed by atoms with E-state index >= 15 is 0 Å². The first-order valence-electron chi connectivity index (χ1n) is 7.32. The van der Waals surface area contributed by atoms with Crippen LogP contribution in [0.4, 0.5) is 0 Å².